The third-order valence-corrected chi connectivity index (χ3v) is 5.41. The third kappa shape index (κ3) is 9.37. The molecule has 2 aromatic carbocycles. The molecule has 0 unspecified atom stereocenters. The number of amides is 1. The van der Waals surface area contributed by atoms with E-state index >= 15 is 0 Å². The zero-order chi connectivity index (χ0) is 25.9. The summed E-state index contributed by atoms with van der Waals surface area (Å²) in [5.74, 6) is -0.934. The van der Waals surface area contributed by atoms with E-state index in [2.05, 4.69) is 9.97 Å². The zero-order valence-corrected chi connectivity index (χ0v) is 21.3. The van der Waals surface area contributed by atoms with Gasteiger partial charge >= 0.3 is 0 Å². The Kier molecular flexibility index (Phi) is 11.8. The number of hydrogen-bond donors (Lipinski definition) is 1. The zero-order valence-electron chi connectivity index (χ0n) is 19.7. The summed E-state index contributed by atoms with van der Waals surface area (Å²) >= 11 is 5.27. The average Bonchev–Trinajstić information content (AvgIpc) is 2.88. The average molecular weight is 544 g/mol. The van der Waals surface area contributed by atoms with Crippen LogP contribution in [0.1, 0.15) is 24.0 Å². The van der Waals surface area contributed by atoms with Crippen LogP contribution in [0, 0.1) is 11.6 Å². The van der Waals surface area contributed by atoms with Crippen molar-refractivity contribution in [2.45, 2.75) is 25.7 Å². The molecule has 2 heterocycles. The summed E-state index contributed by atoms with van der Waals surface area (Å²) in [4.78, 5) is 29.7. The molecule has 0 saturated carbocycles. The molecule has 0 aliphatic carbocycles. The van der Waals surface area contributed by atoms with Crippen LogP contribution < -0.4 is 5.73 Å². The number of pyridine rings is 2. The molecular formula is C28H25Cl2F2N3O2. The maximum atomic E-state index is 13.5. The molecular weight excluding hydrogens is 519 g/mol. The molecule has 0 radical (unpaired) electrons. The van der Waals surface area contributed by atoms with Crippen LogP contribution in [-0.4, -0.2) is 21.1 Å². The molecule has 0 atom stereocenters. The van der Waals surface area contributed by atoms with Crippen LogP contribution in [0.4, 0.5) is 8.78 Å². The van der Waals surface area contributed by atoms with E-state index in [9.17, 15) is 18.4 Å². The highest BCUT2D eigenvalue weighted by Crippen LogP contribution is 2.21. The van der Waals surface area contributed by atoms with Crippen LogP contribution in [-0.2, 0) is 22.4 Å². The van der Waals surface area contributed by atoms with Gasteiger partial charge in [-0.15, -0.1) is 12.4 Å². The molecule has 0 spiro atoms. The Balaban J connectivity index is 0.000000253. The second-order valence-electron chi connectivity index (χ2n) is 7.88. The minimum Gasteiger partial charge on any atom is -0.370 e. The van der Waals surface area contributed by atoms with Gasteiger partial charge in [-0.1, -0.05) is 36.4 Å². The fourth-order valence-corrected chi connectivity index (χ4v) is 3.41. The molecule has 0 aliphatic heterocycles. The smallest absolute Gasteiger partial charge is 0.221 e. The first-order valence-electron chi connectivity index (χ1n) is 11.2. The normalized spacial score (nSPS) is 10.0. The summed E-state index contributed by atoms with van der Waals surface area (Å²) in [5.41, 5.74) is 8.99. The molecule has 4 aromatic rings. The number of nitrogens with two attached hydrogens (primary N) is 1. The van der Waals surface area contributed by atoms with E-state index in [0.29, 0.717) is 41.8 Å². The van der Waals surface area contributed by atoms with Gasteiger partial charge in [0.15, 0.2) is 0 Å². The molecule has 2 N–H and O–H groups in total. The van der Waals surface area contributed by atoms with Gasteiger partial charge in [-0.2, -0.15) is 0 Å². The molecule has 2 aromatic heterocycles. The van der Waals surface area contributed by atoms with E-state index in [1.165, 1.54) is 12.1 Å². The van der Waals surface area contributed by atoms with E-state index in [4.69, 9.17) is 17.3 Å². The van der Waals surface area contributed by atoms with Crippen molar-refractivity contribution < 1.29 is 18.4 Å². The van der Waals surface area contributed by atoms with Gasteiger partial charge in [0.1, 0.15) is 11.6 Å². The van der Waals surface area contributed by atoms with E-state index < -0.39 is 0 Å². The van der Waals surface area contributed by atoms with Crippen LogP contribution in [0.15, 0.2) is 85.2 Å². The van der Waals surface area contributed by atoms with Crippen LogP contribution in [0.2, 0.25) is 0 Å². The molecule has 0 saturated heterocycles. The van der Waals surface area contributed by atoms with Crippen molar-refractivity contribution in [3.63, 3.8) is 0 Å². The Morgan fingerprint density at radius 3 is 1.49 bits per heavy atom. The van der Waals surface area contributed by atoms with Crippen LogP contribution in [0.5, 0.6) is 0 Å². The maximum absolute atomic E-state index is 13.5. The van der Waals surface area contributed by atoms with Crippen molar-refractivity contribution >= 4 is 35.2 Å². The summed E-state index contributed by atoms with van der Waals surface area (Å²) in [6, 6.07) is 20.1. The Morgan fingerprint density at radius 2 is 1.14 bits per heavy atom. The lowest BCUT2D eigenvalue weighted by atomic mass is 10.1. The highest BCUT2D eigenvalue weighted by atomic mass is 35.5. The monoisotopic (exact) mass is 543 g/mol. The first-order chi connectivity index (χ1) is 17.3. The number of nitrogens with zero attached hydrogens (tertiary/aromatic N) is 2. The maximum Gasteiger partial charge on any atom is 0.221 e. The molecule has 0 bridgehead atoms. The summed E-state index contributed by atoms with van der Waals surface area (Å²) in [7, 11) is 0. The number of hydrogen-bond acceptors (Lipinski definition) is 4. The van der Waals surface area contributed by atoms with Gasteiger partial charge in [0.2, 0.25) is 11.1 Å². The first-order valence-corrected chi connectivity index (χ1v) is 11.6. The third-order valence-electron chi connectivity index (χ3n) is 5.22. The minimum absolute atomic E-state index is 0. The summed E-state index contributed by atoms with van der Waals surface area (Å²) in [5, 5.41) is -0.367. The van der Waals surface area contributed by atoms with Crippen molar-refractivity contribution in [3.8, 4) is 22.5 Å². The number of carbonyl (C=O) groups is 2. The van der Waals surface area contributed by atoms with E-state index in [1.807, 2.05) is 12.1 Å². The molecule has 192 valence electrons. The quantitative estimate of drug-likeness (QED) is 0.264. The highest BCUT2D eigenvalue weighted by molar-refractivity contribution is 6.63. The van der Waals surface area contributed by atoms with Gasteiger partial charge in [0.05, 0.1) is 11.4 Å². The summed E-state index contributed by atoms with van der Waals surface area (Å²) in [6.07, 6.45) is 4.96. The van der Waals surface area contributed by atoms with Crippen molar-refractivity contribution in [1.82, 2.24) is 9.97 Å². The largest absolute Gasteiger partial charge is 0.370 e. The van der Waals surface area contributed by atoms with Gasteiger partial charge in [-0.3, -0.25) is 19.6 Å². The lowest BCUT2D eigenvalue weighted by Crippen LogP contribution is -2.11. The topological polar surface area (TPSA) is 85.9 Å². The predicted octanol–water partition coefficient (Wildman–Crippen LogP) is 6.31. The molecule has 9 heteroatoms. The minimum atomic E-state index is -0.367. The van der Waals surface area contributed by atoms with Crippen molar-refractivity contribution in [2.75, 3.05) is 0 Å². The molecule has 0 fully saturated rings. The van der Waals surface area contributed by atoms with Gasteiger partial charge in [0, 0.05) is 36.4 Å². The van der Waals surface area contributed by atoms with Gasteiger partial charge in [-0.25, -0.2) is 8.78 Å². The second-order valence-corrected chi connectivity index (χ2v) is 8.31. The van der Waals surface area contributed by atoms with Gasteiger partial charge in [0.25, 0.3) is 0 Å². The van der Waals surface area contributed by atoms with Gasteiger partial charge in [-0.05, 0) is 72.0 Å². The number of benzene rings is 2. The lowest BCUT2D eigenvalue weighted by molar-refractivity contribution is -0.118. The fraction of sp³-hybridized carbons (Fsp3) is 0.143. The SMILES string of the molecule is Cl.NC(=O)CCc1ccc(-c2ccccc2F)nc1.O=C(Cl)CCc1ccc(-c2ccccc2F)nc1. The summed E-state index contributed by atoms with van der Waals surface area (Å²) in [6.45, 7) is 0. The molecule has 5 nitrogen and oxygen atoms in total. The number of primary amides is 1. The molecule has 4 rings (SSSR count). The Morgan fingerprint density at radius 1 is 0.703 bits per heavy atom. The van der Waals surface area contributed by atoms with Gasteiger partial charge < -0.3 is 5.73 Å². The number of aromatic nitrogens is 2. The van der Waals surface area contributed by atoms with Crippen LogP contribution in [0.3, 0.4) is 0 Å². The highest BCUT2D eigenvalue weighted by Gasteiger charge is 2.07. The second kappa shape index (κ2) is 14.8. The van der Waals surface area contributed by atoms with E-state index in [-0.39, 0.29) is 41.6 Å². The lowest BCUT2D eigenvalue weighted by Gasteiger charge is -2.04. The fourth-order valence-electron chi connectivity index (χ4n) is 3.31. The Labute approximate surface area is 225 Å². The first kappa shape index (κ1) is 29.5. The predicted molar refractivity (Wildman–Crippen MR) is 143 cm³/mol. The van der Waals surface area contributed by atoms with E-state index in [0.717, 1.165) is 11.1 Å². The number of rotatable bonds is 8. The van der Waals surface area contributed by atoms with Crippen molar-refractivity contribution in [2.24, 2.45) is 5.73 Å². The van der Waals surface area contributed by atoms with Crippen molar-refractivity contribution in [1.29, 1.82) is 0 Å². The number of aryl methyl sites for hydroxylation is 2. The molecule has 0 aliphatic rings. The molecule has 1 amide bonds. The van der Waals surface area contributed by atoms with E-state index in [1.54, 1.807) is 60.9 Å². The summed E-state index contributed by atoms with van der Waals surface area (Å²) < 4.78 is 27.1. The molecule has 37 heavy (non-hydrogen) atoms. The Hall–Kier alpha value is -3.68. The van der Waals surface area contributed by atoms with Crippen molar-refractivity contribution in [3.05, 3.63) is 108 Å². The number of halogens is 4. The van der Waals surface area contributed by atoms with Crippen LogP contribution in [0.25, 0.3) is 22.5 Å². The Bertz CT molecular complexity index is 1210. The van der Waals surface area contributed by atoms with Crippen LogP contribution >= 0.6 is 24.0 Å². The standard InChI is InChI=1S/C14H11ClFNO.C14H13FN2O.ClH/c15-14(18)8-6-10-5-7-13(17-9-10)11-3-1-2-4-12(11)16;15-12-4-2-1-3-11(12)13-7-5-10(9-17-13)6-8-14(16)18;/h1-5,7,9H,6,8H2;1-5,7,9H,6,8H2,(H2,16,18);1H. The number of carbonyl (C=O) groups excluding carboxylic acids is 2.